The van der Waals surface area contributed by atoms with Crippen LogP contribution in [0, 0.1) is 0 Å². The lowest BCUT2D eigenvalue weighted by Crippen LogP contribution is -2.58. The maximum absolute atomic E-state index is 12.4. The molecule has 0 unspecified atom stereocenters. The van der Waals surface area contributed by atoms with Crippen LogP contribution in [0.2, 0.25) is 0 Å². The van der Waals surface area contributed by atoms with Crippen molar-refractivity contribution in [2.45, 2.75) is 43.7 Å². The molecule has 0 spiro atoms. The van der Waals surface area contributed by atoms with Gasteiger partial charge in [-0.25, -0.2) is 4.79 Å². The minimum absolute atomic E-state index is 0.288. The van der Waals surface area contributed by atoms with Gasteiger partial charge in [-0.15, -0.1) is 18.3 Å². The number of aliphatic hydroxyl groups is 1. The SMILES string of the molecule is C=CCO[C@@H]1[C@@H](OC(=O)c2ccccc2)[C@@H](O)[C@H](SCC)O[C@H]1C. The normalized spacial score (nSPS) is 29.9. The Morgan fingerprint density at radius 2 is 2.08 bits per heavy atom. The van der Waals surface area contributed by atoms with Crippen LogP contribution in [0.1, 0.15) is 24.2 Å². The fraction of sp³-hybridized carbons (Fsp3) is 0.500. The van der Waals surface area contributed by atoms with Crippen molar-refractivity contribution in [3.05, 3.63) is 48.6 Å². The first-order valence-electron chi connectivity index (χ1n) is 8.02. The lowest BCUT2D eigenvalue weighted by atomic mass is 10.00. The Kier molecular flexibility index (Phi) is 7.30. The van der Waals surface area contributed by atoms with Crippen LogP contribution < -0.4 is 0 Å². The molecule has 0 aromatic heterocycles. The molecule has 2 rings (SSSR count). The van der Waals surface area contributed by atoms with E-state index in [2.05, 4.69) is 6.58 Å². The first-order chi connectivity index (χ1) is 11.6. The second-order valence-corrected chi connectivity index (χ2v) is 6.85. The number of ether oxygens (including phenoxy) is 3. The highest BCUT2D eigenvalue weighted by molar-refractivity contribution is 7.99. The Morgan fingerprint density at radius 1 is 1.38 bits per heavy atom. The summed E-state index contributed by atoms with van der Waals surface area (Å²) >= 11 is 1.48. The minimum Gasteiger partial charge on any atom is -0.453 e. The summed E-state index contributed by atoms with van der Waals surface area (Å²) in [5.41, 5.74) is -0.0202. The molecular formula is C18H24O5S. The zero-order valence-corrected chi connectivity index (χ0v) is 14.8. The fourth-order valence-corrected chi connectivity index (χ4v) is 3.53. The summed E-state index contributed by atoms with van der Waals surface area (Å²) in [6.07, 6.45) is -1.02. The molecule has 1 aromatic carbocycles. The van der Waals surface area contributed by atoms with Crippen LogP contribution in [-0.2, 0) is 14.2 Å². The lowest BCUT2D eigenvalue weighted by Gasteiger charge is -2.42. The smallest absolute Gasteiger partial charge is 0.338 e. The number of hydrogen-bond donors (Lipinski definition) is 1. The minimum atomic E-state index is -0.964. The first kappa shape index (κ1) is 19.0. The number of hydrogen-bond acceptors (Lipinski definition) is 6. The van der Waals surface area contributed by atoms with Gasteiger partial charge in [-0.1, -0.05) is 31.2 Å². The number of thioether (sulfide) groups is 1. The van der Waals surface area contributed by atoms with Gasteiger partial charge in [0.25, 0.3) is 0 Å². The predicted octanol–water partition coefficient (Wildman–Crippen LogP) is 2.64. The molecule has 1 heterocycles. The van der Waals surface area contributed by atoms with E-state index in [1.807, 2.05) is 19.9 Å². The Hall–Kier alpha value is -1.34. The molecule has 0 amide bonds. The molecule has 5 atom stereocenters. The Bertz CT molecular complexity index is 535. The zero-order chi connectivity index (χ0) is 17.5. The van der Waals surface area contributed by atoms with Gasteiger partial charge in [-0.2, -0.15) is 0 Å². The summed E-state index contributed by atoms with van der Waals surface area (Å²) in [6.45, 7) is 7.75. The molecule has 1 fully saturated rings. The molecule has 1 N–H and O–H groups in total. The maximum atomic E-state index is 12.4. The molecular weight excluding hydrogens is 328 g/mol. The highest BCUT2D eigenvalue weighted by atomic mass is 32.2. The van der Waals surface area contributed by atoms with E-state index >= 15 is 0 Å². The van der Waals surface area contributed by atoms with Gasteiger partial charge in [0, 0.05) is 0 Å². The number of esters is 1. The molecule has 0 bridgehead atoms. The van der Waals surface area contributed by atoms with E-state index in [-0.39, 0.29) is 12.7 Å². The van der Waals surface area contributed by atoms with E-state index in [0.717, 1.165) is 5.75 Å². The third-order valence-corrected chi connectivity index (χ3v) is 4.79. The summed E-state index contributed by atoms with van der Waals surface area (Å²) in [4.78, 5) is 12.4. The van der Waals surface area contributed by atoms with E-state index in [9.17, 15) is 9.90 Å². The number of benzene rings is 1. The molecule has 0 aliphatic carbocycles. The van der Waals surface area contributed by atoms with Gasteiger partial charge in [0.05, 0.1) is 18.3 Å². The molecule has 132 valence electrons. The van der Waals surface area contributed by atoms with Crippen molar-refractivity contribution in [2.24, 2.45) is 0 Å². The number of carbonyl (C=O) groups excluding carboxylic acids is 1. The molecule has 24 heavy (non-hydrogen) atoms. The summed E-state index contributed by atoms with van der Waals surface area (Å²) in [7, 11) is 0. The van der Waals surface area contributed by atoms with Gasteiger partial charge in [0.15, 0.2) is 6.10 Å². The largest absolute Gasteiger partial charge is 0.453 e. The molecule has 6 heteroatoms. The second-order valence-electron chi connectivity index (χ2n) is 5.48. The summed E-state index contributed by atoms with van der Waals surface area (Å²) in [6, 6.07) is 8.71. The van der Waals surface area contributed by atoms with Gasteiger partial charge < -0.3 is 19.3 Å². The topological polar surface area (TPSA) is 65.0 Å². The highest BCUT2D eigenvalue weighted by Crippen LogP contribution is 2.32. The maximum Gasteiger partial charge on any atom is 0.338 e. The van der Waals surface area contributed by atoms with Crippen LogP contribution in [0.5, 0.6) is 0 Å². The molecule has 1 saturated heterocycles. The van der Waals surface area contributed by atoms with Crippen molar-refractivity contribution in [3.8, 4) is 0 Å². The van der Waals surface area contributed by atoms with Crippen LogP contribution in [0.25, 0.3) is 0 Å². The monoisotopic (exact) mass is 352 g/mol. The van der Waals surface area contributed by atoms with Gasteiger partial charge in [0.2, 0.25) is 0 Å². The zero-order valence-electron chi connectivity index (χ0n) is 14.0. The van der Waals surface area contributed by atoms with E-state index in [1.54, 1.807) is 30.3 Å². The van der Waals surface area contributed by atoms with Crippen LogP contribution in [0.3, 0.4) is 0 Å². The van der Waals surface area contributed by atoms with Crippen LogP contribution >= 0.6 is 11.8 Å². The highest BCUT2D eigenvalue weighted by Gasteiger charge is 2.46. The molecule has 0 saturated carbocycles. The number of carbonyl (C=O) groups is 1. The van der Waals surface area contributed by atoms with E-state index < -0.39 is 29.7 Å². The average molecular weight is 352 g/mol. The Labute approximate surface area is 147 Å². The van der Waals surface area contributed by atoms with Crippen molar-refractivity contribution in [1.29, 1.82) is 0 Å². The van der Waals surface area contributed by atoms with Gasteiger partial charge in [0.1, 0.15) is 17.6 Å². The van der Waals surface area contributed by atoms with Gasteiger partial charge in [-0.3, -0.25) is 0 Å². The van der Waals surface area contributed by atoms with Crippen molar-refractivity contribution in [3.63, 3.8) is 0 Å². The molecule has 0 radical (unpaired) electrons. The van der Waals surface area contributed by atoms with E-state index in [1.165, 1.54) is 11.8 Å². The Balaban J connectivity index is 2.17. The van der Waals surface area contributed by atoms with Gasteiger partial charge >= 0.3 is 5.97 Å². The fourth-order valence-electron chi connectivity index (χ4n) is 2.60. The molecule has 1 aliphatic heterocycles. The van der Waals surface area contributed by atoms with Crippen LogP contribution in [0.15, 0.2) is 43.0 Å². The van der Waals surface area contributed by atoms with Gasteiger partial charge in [-0.05, 0) is 24.8 Å². The molecule has 5 nitrogen and oxygen atoms in total. The predicted molar refractivity (Wildman–Crippen MR) is 94.1 cm³/mol. The molecule has 1 aromatic rings. The molecule has 1 aliphatic rings. The first-order valence-corrected chi connectivity index (χ1v) is 9.07. The van der Waals surface area contributed by atoms with Crippen LogP contribution in [-0.4, -0.2) is 53.3 Å². The van der Waals surface area contributed by atoms with E-state index in [4.69, 9.17) is 14.2 Å². The van der Waals surface area contributed by atoms with Crippen molar-refractivity contribution >= 4 is 17.7 Å². The number of rotatable bonds is 7. The van der Waals surface area contributed by atoms with Crippen LogP contribution in [0.4, 0.5) is 0 Å². The summed E-state index contributed by atoms with van der Waals surface area (Å²) in [5.74, 6) is 0.299. The number of aliphatic hydroxyl groups excluding tert-OH is 1. The van der Waals surface area contributed by atoms with Crippen molar-refractivity contribution < 1.29 is 24.1 Å². The standard InChI is InChI=1S/C18H24O5S/c1-4-11-21-15-12(3)22-18(24-5-2)14(19)16(15)23-17(20)13-9-7-6-8-10-13/h4,6-10,12,14-16,18-19H,1,5,11H2,2-3H3/t12-,14+,15-,16-,18-/m0/s1. The second kappa shape index (κ2) is 9.22. The average Bonchev–Trinajstić information content (AvgIpc) is 2.59. The van der Waals surface area contributed by atoms with Crippen molar-refractivity contribution in [2.75, 3.05) is 12.4 Å². The third kappa shape index (κ3) is 4.60. The summed E-state index contributed by atoms with van der Waals surface area (Å²) < 4.78 is 17.1. The van der Waals surface area contributed by atoms with E-state index in [0.29, 0.717) is 5.56 Å². The summed E-state index contributed by atoms with van der Waals surface area (Å²) in [5, 5.41) is 10.6. The quantitative estimate of drug-likeness (QED) is 0.601. The van der Waals surface area contributed by atoms with Crippen molar-refractivity contribution in [1.82, 2.24) is 0 Å². The Morgan fingerprint density at radius 3 is 2.71 bits per heavy atom. The lowest BCUT2D eigenvalue weighted by molar-refractivity contribution is -0.206. The third-order valence-electron chi connectivity index (χ3n) is 3.74.